The lowest BCUT2D eigenvalue weighted by molar-refractivity contribution is -0.138. The zero-order valence-electron chi connectivity index (χ0n) is 11.7. The van der Waals surface area contributed by atoms with Gasteiger partial charge in [-0.2, -0.15) is 13.2 Å². The van der Waals surface area contributed by atoms with E-state index in [4.69, 9.17) is 0 Å². The van der Waals surface area contributed by atoms with Crippen LogP contribution in [0.15, 0.2) is 36.9 Å². The van der Waals surface area contributed by atoms with Crippen LogP contribution in [-0.2, 0) is 11.2 Å². The van der Waals surface area contributed by atoms with E-state index >= 15 is 0 Å². The van der Waals surface area contributed by atoms with E-state index in [0.717, 1.165) is 0 Å². The Bertz CT molecular complexity index is 527. The van der Waals surface area contributed by atoms with Crippen LogP contribution in [0.3, 0.4) is 0 Å². The van der Waals surface area contributed by atoms with Crippen molar-refractivity contribution >= 4 is 17.6 Å². The van der Waals surface area contributed by atoms with Gasteiger partial charge >= 0.3 is 12.2 Å². The molecule has 1 aromatic rings. The van der Waals surface area contributed by atoms with Gasteiger partial charge in [0.2, 0.25) is 5.91 Å². The van der Waals surface area contributed by atoms with E-state index in [-0.39, 0.29) is 6.42 Å². The second kappa shape index (κ2) is 8.06. The van der Waals surface area contributed by atoms with Crippen molar-refractivity contribution < 1.29 is 22.8 Å². The van der Waals surface area contributed by atoms with E-state index in [0.29, 0.717) is 17.8 Å². The predicted molar refractivity (Wildman–Crippen MR) is 76.4 cm³/mol. The van der Waals surface area contributed by atoms with Gasteiger partial charge in [0.1, 0.15) is 6.54 Å². The van der Waals surface area contributed by atoms with Crippen LogP contribution in [0.4, 0.5) is 23.7 Å². The standard InChI is InChI=1S/C14H16F3N3O2/c1-2-7-18-13(22)20-11-5-3-10(4-6-11)8-12(21)19-9-14(15,16)17/h2-6H,1,7-9H2,(H,19,21)(H2,18,20,22). The summed E-state index contributed by atoms with van der Waals surface area (Å²) in [6.07, 6.45) is -3.07. The number of carbonyl (C=O) groups excluding carboxylic acids is 2. The molecule has 0 spiro atoms. The smallest absolute Gasteiger partial charge is 0.347 e. The fourth-order valence-corrected chi connectivity index (χ4v) is 1.49. The summed E-state index contributed by atoms with van der Waals surface area (Å²) in [5, 5.41) is 6.86. The number of urea groups is 1. The first kappa shape index (κ1) is 17.5. The molecule has 0 aliphatic heterocycles. The van der Waals surface area contributed by atoms with Gasteiger partial charge in [-0.1, -0.05) is 18.2 Å². The average Bonchev–Trinajstić information content (AvgIpc) is 2.44. The third kappa shape index (κ3) is 7.32. The molecule has 0 saturated carbocycles. The summed E-state index contributed by atoms with van der Waals surface area (Å²) >= 11 is 0. The molecular weight excluding hydrogens is 299 g/mol. The van der Waals surface area contributed by atoms with Crippen molar-refractivity contribution in [3.8, 4) is 0 Å². The highest BCUT2D eigenvalue weighted by Gasteiger charge is 2.27. The van der Waals surface area contributed by atoms with Crippen molar-refractivity contribution in [2.45, 2.75) is 12.6 Å². The van der Waals surface area contributed by atoms with Gasteiger partial charge in [-0.15, -0.1) is 6.58 Å². The number of rotatable bonds is 6. The number of amides is 3. The number of alkyl halides is 3. The molecule has 0 atom stereocenters. The van der Waals surface area contributed by atoms with Gasteiger partial charge in [0.15, 0.2) is 0 Å². The zero-order chi connectivity index (χ0) is 16.6. The first-order valence-electron chi connectivity index (χ1n) is 6.38. The second-order valence-electron chi connectivity index (χ2n) is 4.39. The van der Waals surface area contributed by atoms with Crippen molar-refractivity contribution in [3.63, 3.8) is 0 Å². The first-order valence-corrected chi connectivity index (χ1v) is 6.38. The number of anilines is 1. The Morgan fingerprint density at radius 2 is 1.77 bits per heavy atom. The van der Waals surface area contributed by atoms with Crippen molar-refractivity contribution in [3.05, 3.63) is 42.5 Å². The second-order valence-corrected chi connectivity index (χ2v) is 4.39. The molecule has 0 radical (unpaired) electrons. The highest BCUT2D eigenvalue weighted by atomic mass is 19.4. The molecule has 0 unspecified atom stereocenters. The van der Waals surface area contributed by atoms with Crippen molar-refractivity contribution in [2.75, 3.05) is 18.4 Å². The van der Waals surface area contributed by atoms with Gasteiger partial charge in [-0.3, -0.25) is 4.79 Å². The minimum atomic E-state index is -4.43. The minimum absolute atomic E-state index is 0.168. The van der Waals surface area contributed by atoms with Crippen LogP contribution in [-0.4, -0.2) is 31.2 Å². The van der Waals surface area contributed by atoms with Crippen LogP contribution >= 0.6 is 0 Å². The van der Waals surface area contributed by atoms with E-state index in [9.17, 15) is 22.8 Å². The molecule has 22 heavy (non-hydrogen) atoms. The van der Waals surface area contributed by atoms with Gasteiger partial charge in [0.25, 0.3) is 0 Å². The molecule has 0 aromatic heterocycles. The molecule has 0 heterocycles. The Kier molecular flexibility index (Phi) is 6.43. The molecule has 3 amide bonds. The highest BCUT2D eigenvalue weighted by Crippen LogP contribution is 2.13. The van der Waals surface area contributed by atoms with Gasteiger partial charge in [-0.25, -0.2) is 4.79 Å². The molecule has 1 rings (SSSR count). The fraction of sp³-hybridized carbons (Fsp3) is 0.286. The lowest BCUT2D eigenvalue weighted by Crippen LogP contribution is -2.34. The van der Waals surface area contributed by atoms with Gasteiger partial charge in [-0.05, 0) is 17.7 Å². The third-order valence-corrected chi connectivity index (χ3v) is 2.47. The molecule has 0 aliphatic carbocycles. The zero-order valence-corrected chi connectivity index (χ0v) is 11.7. The fourth-order valence-electron chi connectivity index (χ4n) is 1.49. The molecule has 3 N–H and O–H groups in total. The van der Waals surface area contributed by atoms with Crippen LogP contribution < -0.4 is 16.0 Å². The van der Waals surface area contributed by atoms with Crippen LogP contribution in [0.25, 0.3) is 0 Å². The maximum absolute atomic E-state index is 12.0. The molecule has 5 nitrogen and oxygen atoms in total. The van der Waals surface area contributed by atoms with E-state index in [2.05, 4.69) is 17.2 Å². The predicted octanol–water partition coefficient (Wildman–Crippen LogP) is 2.22. The Hall–Kier alpha value is -2.51. The number of halogens is 3. The Morgan fingerprint density at radius 3 is 2.32 bits per heavy atom. The minimum Gasteiger partial charge on any atom is -0.347 e. The van der Waals surface area contributed by atoms with E-state index in [1.807, 2.05) is 0 Å². The lowest BCUT2D eigenvalue weighted by atomic mass is 10.1. The Morgan fingerprint density at radius 1 is 1.14 bits per heavy atom. The quantitative estimate of drug-likeness (QED) is 0.705. The Labute approximate surface area is 125 Å². The van der Waals surface area contributed by atoms with Crippen molar-refractivity contribution in [1.82, 2.24) is 10.6 Å². The molecule has 0 aliphatic rings. The normalized spacial score (nSPS) is 10.7. The summed E-state index contributed by atoms with van der Waals surface area (Å²) in [6.45, 7) is 2.43. The topological polar surface area (TPSA) is 70.2 Å². The maximum Gasteiger partial charge on any atom is 0.405 e. The Balaban J connectivity index is 2.46. The molecule has 120 valence electrons. The molecule has 8 heteroatoms. The van der Waals surface area contributed by atoms with Crippen LogP contribution in [0.1, 0.15) is 5.56 Å². The summed E-state index contributed by atoms with van der Waals surface area (Å²) in [7, 11) is 0. The van der Waals surface area contributed by atoms with Gasteiger partial charge in [0, 0.05) is 12.2 Å². The largest absolute Gasteiger partial charge is 0.405 e. The van der Waals surface area contributed by atoms with Gasteiger partial charge < -0.3 is 16.0 Å². The highest BCUT2D eigenvalue weighted by molar-refractivity contribution is 5.89. The maximum atomic E-state index is 12.0. The molecule has 0 fully saturated rings. The van der Waals surface area contributed by atoms with E-state index in [1.54, 1.807) is 29.6 Å². The van der Waals surface area contributed by atoms with Crippen molar-refractivity contribution in [2.24, 2.45) is 0 Å². The summed E-state index contributed by atoms with van der Waals surface area (Å²) in [5.74, 6) is -0.721. The number of nitrogens with one attached hydrogen (secondary N) is 3. The molecule has 0 saturated heterocycles. The van der Waals surface area contributed by atoms with Gasteiger partial charge in [0.05, 0.1) is 6.42 Å². The average molecular weight is 315 g/mol. The number of benzene rings is 1. The number of carbonyl (C=O) groups is 2. The SMILES string of the molecule is C=CCNC(=O)Nc1ccc(CC(=O)NCC(F)(F)F)cc1. The van der Waals surface area contributed by atoms with Crippen LogP contribution in [0, 0.1) is 0 Å². The molecule has 1 aromatic carbocycles. The van der Waals surface area contributed by atoms with E-state index in [1.165, 1.54) is 6.08 Å². The van der Waals surface area contributed by atoms with E-state index < -0.39 is 24.7 Å². The first-order chi connectivity index (χ1) is 10.3. The molecule has 0 bridgehead atoms. The summed E-state index contributed by atoms with van der Waals surface area (Å²) in [6, 6.07) is 5.81. The molecular formula is C14H16F3N3O2. The number of hydrogen-bond donors (Lipinski definition) is 3. The van der Waals surface area contributed by atoms with Crippen LogP contribution in [0.2, 0.25) is 0 Å². The lowest BCUT2D eigenvalue weighted by Gasteiger charge is -2.09. The third-order valence-electron chi connectivity index (χ3n) is 2.47. The summed E-state index contributed by atoms with van der Waals surface area (Å²) < 4.78 is 35.9. The van der Waals surface area contributed by atoms with Crippen molar-refractivity contribution in [1.29, 1.82) is 0 Å². The monoisotopic (exact) mass is 315 g/mol. The summed E-state index contributed by atoms with van der Waals surface area (Å²) in [4.78, 5) is 22.7. The number of hydrogen-bond acceptors (Lipinski definition) is 2. The summed E-state index contributed by atoms with van der Waals surface area (Å²) in [5.41, 5.74) is 1.04. The van der Waals surface area contributed by atoms with Crippen LogP contribution in [0.5, 0.6) is 0 Å².